The van der Waals surface area contributed by atoms with Gasteiger partial charge in [-0.15, -0.1) is 11.6 Å². The molecule has 1 fully saturated rings. The molecule has 0 radical (unpaired) electrons. The van der Waals surface area contributed by atoms with E-state index in [9.17, 15) is 4.39 Å². The van der Waals surface area contributed by atoms with Gasteiger partial charge in [-0.25, -0.2) is 9.37 Å². The van der Waals surface area contributed by atoms with Crippen LogP contribution >= 0.6 is 11.6 Å². The van der Waals surface area contributed by atoms with Gasteiger partial charge >= 0.3 is 0 Å². The first-order chi connectivity index (χ1) is 9.56. The number of rotatable bonds is 5. The fourth-order valence-corrected chi connectivity index (χ4v) is 2.92. The summed E-state index contributed by atoms with van der Waals surface area (Å²) in [6.07, 6.45) is 5.18. The van der Waals surface area contributed by atoms with Crippen LogP contribution in [-0.2, 0) is 6.54 Å². The number of halogens is 2. The minimum atomic E-state index is -0.200. The number of hydrogen-bond acceptors (Lipinski definition) is 1. The Labute approximate surface area is 123 Å². The molecule has 0 bridgehead atoms. The molecule has 0 N–H and O–H groups in total. The Morgan fingerprint density at radius 3 is 2.85 bits per heavy atom. The van der Waals surface area contributed by atoms with Gasteiger partial charge in [0.15, 0.2) is 0 Å². The van der Waals surface area contributed by atoms with Crippen LogP contribution in [0.5, 0.6) is 0 Å². The third-order valence-corrected chi connectivity index (χ3v) is 4.30. The summed E-state index contributed by atoms with van der Waals surface area (Å²) in [6.45, 7) is 4.63. The van der Waals surface area contributed by atoms with E-state index in [4.69, 9.17) is 11.6 Å². The van der Waals surface area contributed by atoms with Gasteiger partial charge < -0.3 is 4.57 Å². The Morgan fingerprint density at radius 1 is 1.45 bits per heavy atom. The van der Waals surface area contributed by atoms with E-state index < -0.39 is 0 Å². The standard InChI is InChI=1S/C16H20ClFN2/c1-10-8-15-14(9-13(10)18)19-16(11(2)17)20(15)7-3-4-12-5-6-12/h8-9,11-12H,3-7H2,1-2H3. The highest BCUT2D eigenvalue weighted by Gasteiger charge is 2.21. The van der Waals surface area contributed by atoms with Crippen LogP contribution in [0.1, 0.15) is 49.4 Å². The fourth-order valence-electron chi connectivity index (χ4n) is 2.75. The molecular formula is C16H20ClFN2. The van der Waals surface area contributed by atoms with Crippen LogP contribution < -0.4 is 0 Å². The van der Waals surface area contributed by atoms with Crippen molar-refractivity contribution in [2.75, 3.05) is 0 Å². The summed E-state index contributed by atoms with van der Waals surface area (Å²) >= 11 is 6.24. The van der Waals surface area contributed by atoms with Crippen molar-refractivity contribution in [2.45, 2.75) is 51.5 Å². The zero-order valence-electron chi connectivity index (χ0n) is 12.0. The highest BCUT2D eigenvalue weighted by atomic mass is 35.5. The molecule has 0 amide bonds. The number of alkyl halides is 1. The average molecular weight is 295 g/mol. The van der Waals surface area contributed by atoms with Crippen molar-refractivity contribution in [1.29, 1.82) is 0 Å². The lowest BCUT2D eigenvalue weighted by Gasteiger charge is -2.10. The molecule has 0 spiro atoms. The SMILES string of the molecule is Cc1cc2c(cc1F)nc(C(C)Cl)n2CCCC1CC1. The monoisotopic (exact) mass is 294 g/mol. The molecule has 1 unspecified atom stereocenters. The van der Waals surface area contributed by atoms with Gasteiger partial charge in [0.05, 0.1) is 16.4 Å². The van der Waals surface area contributed by atoms with Crippen molar-refractivity contribution in [1.82, 2.24) is 9.55 Å². The van der Waals surface area contributed by atoms with Crippen molar-refractivity contribution in [2.24, 2.45) is 5.92 Å². The van der Waals surface area contributed by atoms with E-state index in [1.165, 1.54) is 25.3 Å². The molecule has 1 saturated carbocycles. The molecule has 1 atom stereocenters. The summed E-state index contributed by atoms with van der Waals surface area (Å²) in [5, 5.41) is -0.160. The van der Waals surface area contributed by atoms with Crippen LogP contribution in [0.3, 0.4) is 0 Å². The van der Waals surface area contributed by atoms with Crippen molar-refractivity contribution in [3.63, 3.8) is 0 Å². The molecule has 108 valence electrons. The summed E-state index contributed by atoms with van der Waals surface area (Å²) in [4.78, 5) is 4.52. The quantitative estimate of drug-likeness (QED) is 0.712. The molecule has 0 saturated heterocycles. The Balaban J connectivity index is 1.96. The predicted molar refractivity (Wildman–Crippen MR) is 80.7 cm³/mol. The number of hydrogen-bond donors (Lipinski definition) is 0. The van der Waals surface area contributed by atoms with E-state index in [-0.39, 0.29) is 11.2 Å². The van der Waals surface area contributed by atoms with E-state index >= 15 is 0 Å². The van der Waals surface area contributed by atoms with Crippen LogP contribution in [0.15, 0.2) is 12.1 Å². The molecule has 3 rings (SSSR count). The molecule has 1 aromatic heterocycles. The molecule has 1 aliphatic carbocycles. The second-order valence-electron chi connectivity index (χ2n) is 5.91. The van der Waals surface area contributed by atoms with Gasteiger partial charge in [0.2, 0.25) is 0 Å². The lowest BCUT2D eigenvalue weighted by molar-refractivity contribution is 0.569. The van der Waals surface area contributed by atoms with Gasteiger partial charge in [0.25, 0.3) is 0 Å². The highest BCUT2D eigenvalue weighted by molar-refractivity contribution is 6.20. The predicted octanol–water partition coefficient (Wildman–Crippen LogP) is 4.97. The average Bonchev–Trinajstić information content (AvgIpc) is 3.14. The van der Waals surface area contributed by atoms with Crippen LogP contribution in [0.4, 0.5) is 4.39 Å². The van der Waals surface area contributed by atoms with Crippen molar-refractivity contribution >= 4 is 22.6 Å². The largest absolute Gasteiger partial charge is 0.327 e. The first kappa shape index (κ1) is 13.9. The van der Waals surface area contributed by atoms with E-state index in [0.29, 0.717) is 11.1 Å². The number of aryl methyl sites for hydroxylation is 2. The molecule has 0 aliphatic heterocycles. The minimum Gasteiger partial charge on any atom is -0.327 e. The van der Waals surface area contributed by atoms with Crippen LogP contribution in [-0.4, -0.2) is 9.55 Å². The van der Waals surface area contributed by atoms with Crippen molar-refractivity contribution in [3.8, 4) is 0 Å². The Kier molecular flexibility index (Phi) is 3.72. The summed E-state index contributed by atoms with van der Waals surface area (Å²) in [5.74, 6) is 1.58. The van der Waals surface area contributed by atoms with E-state index in [0.717, 1.165) is 30.2 Å². The lowest BCUT2D eigenvalue weighted by atomic mass is 10.2. The third kappa shape index (κ3) is 2.69. The summed E-state index contributed by atoms with van der Waals surface area (Å²) in [6, 6.07) is 3.41. The molecule has 4 heteroatoms. The van der Waals surface area contributed by atoms with Crippen LogP contribution in [0.25, 0.3) is 11.0 Å². The molecule has 2 nitrogen and oxygen atoms in total. The second-order valence-corrected chi connectivity index (χ2v) is 6.57. The van der Waals surface area contributed by atoms with Gasteiger partial charge in [0, 0.05) is 12.6 Å². The van der Waals surface area contributed by atoms with Gasteiger partial charge in [-0.05, 0) is 44.2 Å². The Hall–Kier alpha value is -1.09. The summed E-state index contributed by atoms with van der Waals surface area (Å²) in [5.41, 5.74) is 2.37. The Bertz CT molecular complexity index is 629. The molecule has 2 aromatic rings. The van der Waals surface area contributed by atoms with Gasteiger partial charge in [0.1, 0.15) is 11.6 Å². The van der Waals surface area contributed by atoms with Gasteiger partial charge in [-0.3, -0.25) is 0 Å². The zero-order chi connectivity index (χ0) is 14.3. The van der Waals surface area contributed by atoms with E-state index in [1.54, 1.807) is 6.92 Å². The van der Waals surface area contributed by atoms with E-state index in [2.05, 4.69) is 9.55 Å². The normalized spacial score (nSPS) is 16.8. The molecule has 1 aromatic carbocycles. The van der Waals surface area contributed by atoms with E-state index in [1.807, 2.05) is 13.0 Å². The fraction of sp³-hybridized carbons (Fsp3) is 0.562. The first-order valence-corrected chi connectivity index (χ1v) is 7.80. The van der Waals surface area contributed by atoms with Crippen molar-refractivity contribution in [3.05, 3.63) is 29.3 Å². The molecule has 1 aliphatic rings. The van der Waals surface area contributed by atoms with Crippen LogP contribution in [0, 0.1) is 18.7 Å². The number of imidazole rings is 1. The van der Waals surface area contributed by atoms with Crippen LogP contribution in [0.2, 0.25) is 0 Å². The smallest absolute Gasteiger partial charge is 0.128 e. The third-order valence-electron chi connectivity index (χ3n) is 4.10. The zero-order valence-corrected chi connectivity index (χ0v) is 12.8. The second kappa shape index (κ2) is 5.36. The Morgan fingerprint density at radius 2 is 2.20 bits per heavy atom. The van der Waals surface area contributed by atoms with Crippen molar-refractivity contribution < 1.29 is 4.39 Å². The van der Waals surface area contributed by atoms with Gasteiger partial charge in [-0.2, -0.15) is 0 Å². The maximum Gasteiger partial charge on any atom is 0.128 e. The first-order valence-electron chi connectivity index (χ1n) is 7.36. The topological polar surface area (TPSA) is 17.8 Å². The summed E-state index contributed by atoms with van der Waals surface area (Å²) < 4.78 is 15.8. The lowest BCUT2D eigenvalue weighted by Crippen LogP contribution is -2.05. The number of benzene rings is 1. The maximum absolute atomic E-state index is 13.7. The maximum atomic E-state index is 13.7. The number of nitrogens with zero attached hydrogens (tertiary/aromatic N) is 2. The molecular weight excluding hydrogens is 275 g/mol. The highest BCUT2D eigenvalue weighted by Crippen LogP contribution is 2.34. The number of aromatic nitrogens is 2. The van der Waals surface area contributed by atoms with Gasteiger partial charge in [-0.1, -0.05) is 12.8 Å². The molecule has 1 heterocycles. The minimum absolute atomic E-state index is 0.160. The number of fused-ring (bicyclic) bond motifs is 1. The summed E-state index contributed by atoms with van der Waals surface area (Å²) in [7, 11) is 0. The molecule has 20 heavy (non-hydrogen) atoms.